The summed E-state index contributed by atoms with van der Waals surface area (Å²) in [6, 6.07) is 4.14. The first kappa shape index (κ1) is 11.4. The summed E-state index contributed by atoms with van der Waals surface area (Å²) in [4.78, 5) is 10.0. The number of methoxy groups -OCH3 is 1. The Kier molecular flexibility index (Phi) is 3.56. The molecule has 1 aromatic carbocycles. The van der Waals surface area contributed by atoms with Crippen LogP contribution in [0.15, 0.2) is 18.2 Å². The second-order valence-electron chi connectivity index (χ2n) is 2.83. The summed E-state index contributed by atoms with van der Waals surface area (Å²) < 4.78 is 17.0. The number of ether oxygens (including phenoxy) is 1. The van der Waals surface area contributed by atoms with Crippen molar-refractivity contribution in [3.05, 3.63) is 33.9 Å². The van der Waals surface area contributed by atoms with E-state index in [1.807, 2.05) is 0 Å². The van der Waals surface area contributed by atoms with Gasteiger partial charge < -0.3 is 9.84 Å². The van der Waals surface area contributed by atoms with E-state index in [-0.39, 0.29) is 11.3 Å². The van der Waals surface area contributed by atoms with E-state index in [1.54, 1.807) is 0 Å². The van der Waals surface area contributed by atoms with Crippen LogP contribution in [0.25, 0.3) is 0 Å². The SMILES string of the molecule is COc1cccc(C(O)CF)c1[N+](=O)[O-]. The lowest BCUT2D eigenvalue weighted by Gasteiger charge is -2.09. The zero-order valence-electron chi connectivity index (χ0n) is 8.01. The maximum atomic E-state index is 12.2. The summed E-state index contributed by atoms with van der Waals surface area (Å²) in [6.07, 6.45) is -1.50. The lowest BCUT2D eigenvalue weighted by molar-refractivity contribution is -0.387. The zero-order valence-corrected chi connectivity index (χ0v) is 8.01. The van der Waals surface area contributed by atoms with Crippen molar-refractivity contribution in [1.29, 1.82) is 0 Å². The largest absolute Gasteiger partial charge is 0.490 e. The van der Waals surface area contributed by atoms with Gasteiger partial charge in [-0.3, -0.25) is 10.1 Å². The Balaban J connectivity index is 3.31. The van der Waals surface area contributed by atoms with Gasteiger partial charge in [0.2, 0.25) is 0 Å². The molecule has 0 saturated heterocycles. The molecule has 6 heteroatoms. The van der Waals surface area contributed by atoms with Crippen LogP contribution in [0.4, 0.5) is 10.1 Å². The van der Waals surface area contributed by atoms with Gasteiger partial charge in [-0.2, -0.15) is 0 Å². The first-order chi connectivity index (χ1) is 7.11. The molecule has 1 N–H and O–H groups in total. The van der Waals surface area contributed by atoms with Gasteiger partial charge >= 0.3 is 5.69 Å². The quantitative estimate of drug-likeness (QED) is 0.611. The lowest BCUT2D eigenvalue weighted by Crippen LogP contribution is -2.05. The van der Waals surface area contributed by atoms with Gasteiger partial charge in [0.05, 0.1) is 17.6 Å². The molecule has 0 amide bonds. The van der Waals surface area contributed by atoms with Crippen LogP contribution in [0, 0.1) is 10.1 Å². The first-order valence-corrected chi connectivity index (χ1v) is 4.17. The number of hydrogen-bond donors (Lipinski definition) is 1. The summed E-state index contributed by atoms with van der Waals surface area (Å²) in [5, 5.41) is 20.0. The number of aliphatic hydroxyl groups excluding tert-OH is 1. The smallest absolute Gasteiger partial charge is 0.316 e. The van der Waals surface area contributed by atoms with Crippen LogP contribution < -0.4 is 4.74 Å². The Bertz CT molecular complexity index is 369. The fourth-order valence-electron chi connectivity index (χ4n) is 1.25. The van der Waals surface area contributed by atoms with Crippen LogP contribution in [0.3, 0.4) is 0 Å². The number of rotatable bonds is 4. The van der Waals surface area contributed by atoms with E-state index in [2.05, 4.69) is 0 Å². The maximum Gasteiger partial charge on any atom is 0.316 e. The molecule has 1 rings (SSSR count). The fourth-order valence-corrected chi connectivity index (χ4v) is 1.25. The molecule has 0 spiro atoms. The fraction of sp³-hybridized carbons (Fsp3) is 0.333. The molecule has 0 aliphatic rings. The van der Waals surface area contributed by atoms with Gasteiger partial charge in [-0.15, -0.1) is 0 Å². The second-order valence-corrected chi connectivity index (χ2v) is 2.83. The number of alkyl halides is 1. The van der Waals surface area contributed by atoms with E-state index in [9.17, 15) is 19.6 Å². The maximum absolute atomic E-state index is 12.2. The molecule has 0 heterocycles. The molecule has 0 fully saturated rings. The number of nitro benzene ring substituents is 1. The third-order valence-electron chi connectivity index (χ3n) is 1.94. The van der Waals surface area contributed by atoms with Gasteiger partial charge in [-0.25, -0.2) is 4.39 Å². The van der Waals surface area contributed by atoms with Crippen LogP contribution in [0.1, 0.15) is 11.7 Å². The summed E-state index contributed by atoms with van der Waals surface area (Å²) >= 11 is 0. The second kappa shape index (κ2) is 4.70. The molecule has 1 aromatic rings. The van der Waals surface area contributed by atoms with Gasteiger partial charge in [-0.1, -0.05) is 6.07 Å². The van der Waals surface area contributed by atoms with Crippen LogP contribution in [0.2, 0.25) is 0 Å². The minimum atomic E-state index is -1.50. The van der Waals surface area contributed by atoms with Gasteiger partial charge in [0.15, 0.2) is 5.75 Å². The molecule has 0 aliphatic carbocycles. The molecule has 1 atom stereocenters. The molecule has 0 bridgehead atoms. The molecule has 0 aliphatic heterocycles. The highest BCUT2D eigenvalue weighted by Crippen LogP contribution is 2.34. The van der Waals surface area contributed by atoms with Gasteiger partial charge in [0, 0.05) is 0 Å². The number of nitrogens with zero attached hydrogens (tertiary/aromatic N) is 1. The topological polar surface area (TPSA) is 72.6 Å². The predicted molar refractivity (Wildman–Crippen MR) is 50.6 cm³/mol. The number of para-hydroxylation sites is 1. The van der Waals surface area contributed by atoms with E-state index in [1.165, 1.54) is 25.3 Å². The molecular weight excluding hydrogens is 205 g/mol. The van der Waals surface area contributed by atoms with E-state index >= 15 is 0 Å². The van der Waals surface area contributed by atoms with E-state index in [0.717, 1.165) is 0 Å². The number of aliphatic hydroxyl groups is 1. The molecule has 15 heavy (non-hydrogen) atoms. The Labute approximate surface area is 85.3 Å². The van der Waals surface area contributed by atoms with Crippen LogP contribution >= 0.6 is 0 Å². The van der Waals surface area contributed by atoms with Crippen molar-refractivity contribution in [2.45, 2.75) is 6.10 Å². The summed E-state index contributed by atoms with van der Waals surface area (Å²) in [5.41, 5.74) is -0.480. The molecular formula is C9H10FNO4. The van der Waals surface area contributed by atoms with Crippen molar-refractivity contribution in [3.8, 4) is 5.75 Å². The lowest BCUT2D eigenvalue weighted by atomic mass is 10.1. The average Bonchev–Trinajstić information content (AvgIpc) is 2.26. The standard InChI is InChI=1S/C9H10FNO4/c1-15-8-4-2-3-6(7(12)5-10)9(8)11(13)14/h2-4,7,12H,5H2,1H3. The van der Waals surface area contributed by atoms with Crippen LogP contribution in [-0.4, -0.2) is 23.8 Å². The third-order valence-corrected chi connectivity index (χ3v) is 1.94. The number of hydrogen-bond acceptors (Lipinski definition) is 4. The summed E-state index contributed by atoms with van der Waals surface area (Å²) in [6.45, 7) is -1.08. The molecule has 1 unspecified atom stereocenters. The number of benzene rings is 1. The molecule has 5 nitrogen and oxygen atoms in total. The van der Waals surface area contributed by atoms with Crippen molar-refractivity contribution in [3.63, 3.8) is 0 Å². The Morgan fingerprint density at radius 2 is 2.33 bits per heavy atom. The van der Waals surface area contributed by atoms with Crippen molar-refractivity contribution < 1.29 is 19.2 Å². The van der Waals surface area contributed by atoms with Crippen molar-refractivity contribution in [2.24, 2.45) is 0 Å². The number of nitro groups is 1. The Morgan fingerprint density at radius 3 is 2.80 bits per heavy atom. The molecule has 0 aromatic heterocycles. The normalized spacial score (nSPS) is 12.2. The molecule has 82 valence electrons. The molecule has 0 saturated carbocycles. The number of halogens is 1. The van der Waals surface area contributed by atoms with Crippen molar-refractivity contribution in [2.75, 3.05) is 13.8 Å². The van der Waals surface area contributed by atoms with Crippen LogP contribution in [-0.2, 0) is 0 Å². The van der Waals surface area contributed by atoms with Gasteiger partial charge in [0.1, 0.15) is 12.8 Å². The highest BCUT2D eigenvalue weighted by molar-refractivity contribution is 5.53. The van der Waals surface area contributed by atoms with Crippen molar-refractivity contribution in [1.82, 2.24) is 0 Å². The third kappa shape index (κ3) is 2.21. The summed E-state index contributed by atoms with van der Waals surface area (Å²) in [7, 11) is 1.27. The molecule has 0 radical (unpaired) electrons. The van der Waals surface area contributed by atoms with Crippen LogP contribution in [0.5, 0.6) is 5.75 Å². The van der Waals surface area contributed by atoms with Crippen molar-refractivity contribution >= 4 is 5.69 Å². The van der Waals surface area contributed by atoms with Gasteiger partial charge in [-0.05, 0) is 12.1 Å². The monoisotopic (exact) mass is 215 g/mol. The Morgan fingerprint density at radius 1 is 1.67 bits per heavy atom. The minimum absolute atomic E-state index is 0.00463. The highest BCUT2D eigenvalue weighted by atomic mass is 19.1. The first-order valence-electron chi connectivity index (χ1n) is 4.17. The average molecular weight is 215 g/mol. The minimum Gasteiger partial charge on any atom is -0.490 e. The van der Waals surface area contributed by atoms with E-state index in [4.69, 9.17) is 4.74 Å². The zero-order chi connectivity index (χ0) is 11.4. The predicted octanol–water partition coefficient (Wildman–Crippen LogP) is 1.61. The Hall–Kier alpha value is -1.69. The van der Waals surface area contributed by atoms with E-state index < -0.39 is 23.4 Å². The van der Waals surface area contributed by atoms with Gasteiger partial charge in [0.25, 0.3) is 0 Å². The highest BCUT2D eigenvalue weighted by Gasteiger charge is 2.24. The van der Waals surface area contributed by atoms with E-state index in [0.29, 0.717) is 0 Å². The summed E-state index contributed by atoms with van der Waals surface area (Å²) in [5.74, 6) is 0.00463.